The number of hydrogen-bond acceptors (Lipinski definition) is 4. The molecule has 0 aliphatic carbocycles. The summed E-state index contributed by atoms with van der Waals surface area (Å²) in [5.74, 6) is -0.550. The number of rotatable bonds is 6. The number of nitrogens with zero attached hydrogens (tertiary/aromatic N) is 1. The Balaban J connectivity index is 1.84. The second-order valence-electron chi connectivity index (χ2n) is 4.28. The summed E-state index contributed by atoms with van der Waals surface area (Å²) in [6, 6.07) is 11.8. The topological polar surface area (TPSA) is 88.2 Å². The van der Waals surface area contributed by atoms with E-state index in [1.807, 2.05) is 0 Å². The van der Waals surface area contributed by atoms with Gasteiger partial charge in [-0.1, -0.05) is 18.2 Å². The maximum atomic E-state index is 11.8. The summed E-state index contributed by atoms with van der Waals surface area (Å²) in [6.07, 6.45) is 2.98. The highest BCUT2D eigenvalue weighted by atomic mass is 32.2. The summed E-state index contributed by atoms with van der Waals surface area (Å²) in [5, 5.41) is 2.54. The van der Waals surface area contributed by atoms with Crippen LogP contribution in [0.4, 0.5) is 5.69 Å². The number of benzene rings is 1. The van der Waals surface area contributed by atoms with E-state index in [0.29, 0.717) is 11.3 Å². The van der Waals surface area contributed by atoms with Gasteiger partial charge in [0.2, 0.25) is 10.0 Å². The van der Waals surface area contributed by atoms with Crippen LogP contribution in [0.1, 0.15) is 10.4 Å². The van der Waals surface area contributed by atoms with Crippen LogP contribution in [0.2, 0.25) is 0 Å². The molecule has 2 N–H and O–H groups in total. The molecule has 0 saturated heterocycles. The first-order valence-electron chi connectivity index (χ1n) is 6.30. The van der Waals surface area contributed by atoms with E-state index in [4.69, 9.17) is 0 Å². The molecule has 110 valence electrons. The molecule has 0 aliphatic rings. The molecule has 0 aliphatic heterocycles. The molecule has 1 aromatic heterocycles. The molecule has 6 nitrogen and oxygen atoms in total. The van der Waals surface area contributed by atoms with Crippen molar-refractivity contribution in [3.05, 3.63) is 60.4 Å². The van der Waals surface area contributed by atoms with Gasteiger partial charge in [-0.3, -0.25) is 14.5 Å². The van der Waals surface area contributed by atoms with Crippen molar-refractivity contribution in [3.8, 4) is 0 Å². The fraction of sp³-hybridized carbons (Fsp3) is 0.143. The fourth-order valence-corrected chi connectivity index (χ4v) is 2.60. The lowest BCUT2D eigenvalue weighted by molar-refractivity contribution is 0.0956. The Morgan fingerprint density at radius 1 is 1.10 bits per heavy atom. The number of aromatic nitrogens is 1. The number of pyridine rings is 1. The number of sulfonamides is 1. The van der Waals surface area contributed by atoms with E-state index in [-0.39, 0.29) is 18.2 Å². The van der Waals surface area contributed by atoms with Crippen molar-refractivity contribution in [2.45, 2.75) is 0 Å². The van der Waals surface area contributed by atoms with Gasteiger partial charge >= 0.3 is 0 Å². The smallest absolute Gasteiger partial charge is 0.252 e. The summed E-state index contributed by atoms with van der Waals surface area (Å²) >= 11 is 0. The minimum atomic E-state index is -3.49. The molecule has 0 saturated carbocycles. The molecule has 21 heavy (non-hydrogen) atoms. The first kappa shape index (κ1) is 15.0. The lowest BCUT2D eigenvalue weighted by atomic mass is 10.3. The zero-order chi connectivity index (χ0) is 15.1. The van der Waals surface area contributed by atoms with Gasteiger partial charge in [0, 0.05) is 24.6 Å². The van der Waals surface area contributed by atoms with Crippen molar-refractivity contribution in [1.29, 1.82) is 0 Å². The molecule has 1 heterocycles. The average Bonchev–Trinajstić information content (AvgIpc) is 2.48. The first-order valence-corrected chi connectivity index (χ1v) is 7.96. The number of carbonyl (C=O) groups excluding carboxylic acids is 1. The highest BCUT2D eigenvalue weighted by Crippen LogP contribution is 2.07. The van der Waals surface area contributed by atoms with E-state index in [2.05, 4.69) is 15.0 Å². The molecule has 2 aromatic rings. The highest BCUT2D eigenvalue weighted by molar-refractivity contribution is 7.92. The number of amides is 1. The van der Waals surface area contributed by atoms with Crippen LogP contribution < -0.4 is 10.0 Å². The predicted octanol–water partition coefficient (Wildman–Crippen LogP) is 1.25. The Hall–Kier alpha value is -2.41. The quantitative estimate of drug-likeness (QED) is 0.841. The molecule has 0 bridgehead atoms. The molecule has 0 radical (unpaired) electrons. The largest absolute Gasteiger partial charge is 0.351 e. The van der Waals surface area contributed by atoms with Crippen molar-refractivity contribution in [2.24, 2.45) is 0 Å². The van der Waals surface area contributed by atoms with Crippen molar-refractivity contribution in [1.82, 2.24) is 10.3 Å². The molecule has 0 fully saturated rings. The van der Waals surface area contributed by atoms with E-state index in [0.717, 1.165) is 0 Å². The molecule has 7 heteroatoms. The van der Waals surface area contributed by atoms with E-state index in [1.165, 1.54) is 6.20 Å². The molecule has 2 rings (SSSR count). The van der Waals surface area contributed by atoms with Crippen molar-refractivity contribution in [2.75, 3.05) is 17.0 Å². The standard InChI is InChI=1S/C14H15N3O3S/c18-14(12-5-4-8-15-11-12)16-9-10-21(19,20)17-13-6-2-1-3-7-13/h1-8,11,17H,9-10H2,(H,16,18). The average molecular weight is 305 g/mol. The minimum absolute atomic E-state index is 0.0237. The highest BCUT2D eigenvalue weighted by Gasteiger charge is 2.11. The van der Waals surface area contributed by atoms with Crippen LogP contribution in [0.3, 0.4) is 0 Å². The van der Waals surface area contributed by atoms with Gasteiger partial charge in [-0.2, -0.15) is 0 Å². The molecule has 0 spiro atoms. The SMILES string of the molecule is O=C(NCCS(=O)(=O)Nc1ccccc1)c1cccnc1. The van der Waals surface area contributed by atoms with Crippen LogP contribution in [0, 0.1) is 0 Å². The number of carbonyl (C=O) groups is 1. The minimum Gasteiger partial charge on any atom is -0.351 e. The third kappa shape index (κ3) is 4.88. The number of hydrogen-bond donors (Lipinski definition) is 2. The second-order valence-corrected chi connectivity index (χ2v) is 6.13. The fourth-order valence-electron chi connectivity index (χ4n) is 1.63. The van der Waals surface area contributed by atoms with E-state index in [1.54, 1.807) is 48.7 Å². The number of anilines is 1. The monoisotopic (exact) mass is 305 g/mol. The van der Waals surface area contributed by atoms with Crippen LogP contribution in [0.5, 0.6) is 0 Å². The second kappa shape index (κ2) is 6.85. The Morgan fingerprint density at radius 2 is 1.86 bits per heavy atom. The summed E-state index contributed by atoms with van der Waals surface area (Å²) < 4.78 is 26.1. The summed E-state index contributed by atoms with van der Waals surface area (Å²) in [6.45, 7) is 0.0237. The van der Waals surface area contributed by atoms with E-state index in [9.17, 15) is 13.2 Å². The third-order valence-electron chi connectivity index (χ3n) is 2.63. The molecule has 0 unspecified atom stereocenters. The van der Waals surface area contributed by atoms with Crippen molar-refractivity contribution >= 4 is 21.6 Å². The van der Waals surface area contributed by atoms with Crippen LogP contribution in [-0.4, -0.2) is 31.6 Å². The Kier molecular flexibility index (Phi) is 4.89. The van der Waals surface area contributed by atoms with Crippen LogP contribution >= 0.6 is 0 Å². The van der Waals surface area contributed by atoms with Gasteiger partial charge in [-0.05, 0) is 24.3 Å². The normalized spacial score (nSPS) is 10.9. The van der Waals surface area contributed by atoms with Gasteiger partial charge in [0.05, 0.1) is 11.3 Å². The van der Waals surface area contributed by atoms with Crippen molar-refractivity contribution in [3.63, 3.8) is 0 Å². The Bertz CT molecular complexity index is 688. The first-order chi connectivity index (χ1) is 10.1. The van der Waals surface area contributed by atoms with Crippen LogP contribution in [0.25, 0.3) is 0 Å². The number of nitrogens with one attached hydrogen (secondary N) is 2. The molecular weight excluding hydrogens is 290 g/mol. The maximum Gasteiger partial charge on any atom is 0.252 e. The number of para-hydroxylation sites is 1. The van der Waals surface area contributed by atoms with Gasteiger partial charge in [0.1, 0.15) is 0 Å². The van der Waals surface area contributed by atoms with E-state index < -0.39 is 10.0 Å². The third-order valence-corrected chi connectivity index (χ3v) is 3.92. The zero-order valence-corrected chi connectivity index (χ0v) is 12.0. The summed E-state index contributed by atoms with van der Waals surface area (Å²) in [4.78, 5) is 15.5. The van der Waals surface area contributed by atoms with Gasteiger partial charge in [-0.15, -0.1) is 0 Å². The van der Waals surface area contributed by atoms with Crippen LogP contribution in [-0.2, 0) is 10.0 Å². The predicted molar refractivity (Wildman–Crippen MR) is 80.4 cm³/mol. The van der Waals surface area contributed by atoms with Gasteiger partial charge in [-0.25, -0.2) is 8.42 Å². The van der Waals surface area contributed by atoms with Gasteiger partial charge < -0.3 is 5.32 Å². The van der Waals surface area contributed by atoms with Crippen LogP contribution in [0.15, 0.2) is 54.9 Å². The van der Waals surface area contributed by atoms with Gasteiger partial charge in [0.25, 0.3) is 5.91 Å². The van der Waals surface area contributed by atoms with Crippen molar-refractivity contribution < 1.29 is 13.2 Å². The molecule has 0 atom stereocenters. The van der Waals surface area contributed by atoms with E-state index >= 15 is 0 Å². The zero-order valence-electron chi connectivity index (χ0n) is 11.2. The Labute approximate surface area is 123 Å². The lowest BCUT2D eigenvalue weighted by Gasteiger charge is -2.08. The Morgan fingerprint density at radius 3 is 2.52 bits per heavy atom. The lowest BCUT2D eigenvalue weighted by Crippen LogP contribution is -2.31. The molecule has 1 amide bonds. The summed E-state index contributed by atoms with van der Waals surface area (Å²) in [5.41, 5.74) is 0.891. The maximum absolute atomic E-state index is 11.8. The summed E-state index contributed by atoms with van der Waals surface area (Å²) in [7, 11) is -3.49. The molecule has 1 aromatic carbocycles. The van der Waals surface area contributed by atoms with Gasteiger partial charge in [0.15, 0.2) is 0 Å². The molecular formula is C14H15N3O3S.